The second-order valence-electron chi connectivity index (χ2n) is 5.46. The lowest BCUT2D eigenvalue weighted by Crippen LogP contribution is -2.27. The second-order valence-corrected chi connectivity index (χ2v) is 6.75. The monoisotopic (exact) mass is 385 g/mol. The summed E-state index contributed by atoms with van der Waals surface area (Å²) < 4.78 is 0.833. The molecule has 2 rings (SSSR count). The Morgan fingerprint density at radius 3 is 2.55 bits per heavy atom. The van der Waals surface area contributed by atoms with Gasteiger partial charge >= 0.3 is 0 Å². The van der Waals surface area contributed by atoms with Gasteiger partial charge in [-0.3, -0.25) is 4.79 Å². The molecule has 120 valence electrons. The van der Waals surface area contributed by atoms with Gasteiger partial charge in [-0.25, -0.2) is 5.43 Å². The summed E-state index contributed by atoms with van der Waals surface area (Å²) in [5.74, 6) is -0.142. The number of halogens is 2. The first-order chi connectivity index (χ1) is 10.6. The molecule has 0 aliphatic heterocycles. The zero-order valence-electron chi connectivity index (χ0n) is 12.5. The van der Waals surface area contributed by atoms with Crippen molar-refractivity contribution in [3.8, 4) is 0 Å². The van der Waals surface area contributed by atoms with Crippen molar-refractivity contribution >= 4 is 44.8 Å². The van der Waals surface area contributed by atoms with Crippen molar-refractivity contribution < 1.29 is 4.79 Å². The SMILES string of the molecule is O=C(CNc1ccc(Cl)cc1Br)NN=C1CCCCCCC1. The van der Waals surface area contributed by atoms with Crippen molar-refractivity contribution in [2.75, 3.05) is 11.9 Å². The number of nitrogens with one attached hydrogen (secondary N) is 2. The van der Waals surface area contributed by atoms with Crippen molar-refractivity contribution in [2.45, 2.75) is 44.9 Å². The van der Waals surface area contributed by atoms with E-state index < -0.39 is 0 Å². The van der Waals surface area contributed by atoms with E-state index in [-0.39, 0.29) is 12.5 Å². The van der Waals surface area contributed by atoms with Gasteiger partial charge in [0, 0.05) is 20.9 Å². The van der Waals surface area contributed by atoms with Crippen LogP contribution in [0.25, 0.3) is 0 Å². The lowest BCUT2D eigenvalue weighted by molar-refractivity contribution is -0.119. The number of carbonyl (C=O) groups is 1. The Labute approximate surface area is 144 Å². The normalized spacial score (nSPS) is 15.6. The van der Waals surface area contributed by atoms with Gasteiger partial charge in [-0.2, -0.15) is 5.10 Å². The summed E-state index contributed by atoms with van der Waals surface area (Å²) in [5.41, 5.74) is 4.59. The summed E-state index contributed by atoms with van der Waals surface area (Å²) in [6.45, 7) is 0.178. The quantitative estimate of drug-likeness (QED) is 0.735. The Morgan fingerprint density at radius 1 is 1.18 bits per heavy atom. The molecule has 4 nitrogen and oxygen atoms in total. The van der Waals surface area contributed by atoms with E-state index in [1.54, 1.807) is 12.1 Å². The molecule has 1 amide bonds. The van der Waals surface area contributed by atoms with E-state index in [0.717, 1.165) is 28.7 Å². The predicted octanol–water partition coefficient (Wildman–Crippen LogP) is 4.73. The molecule has 0 aromatic heterocycles. The molecule has 0 heterocycles. The van der Waals surface area contributed by atoms with Gasteiger partial charge in [0.25, 0.3) is 5.91 Å². The Bertz CT molecular complexity index is 538. The van der Waals surface area contributed by atoms with Gasteiger partial charge < -0.3 is 5.32 Å². The first kappa shape index (κ1) is 17.3. The average molecular weight is 387 g/mol. The molecule has 0 spiro atoms. The minimum atomic E-state index is -0.142. The van der Waals surface area contributed by atoms with Gasteiger partial charge in [-0.05, 0) is 59.8 Å². The number of hydrogen-bond acceptors (Lipinski definition) is 3. The summed E-state index contributed by atoms with van der Waals surface area (Å²) in [5, 5.41) is 7.99. The molecule has 1 saturated carbocycles. The highest BCUT2D eigenvalue weighted by Gasteiger charge is 2.07. The first-order valence-electron chi connectivity index (χ1n) is 7.68. The molecule has 0 bridgehead atoms. The molecule has 22 heavy (non-hydrogen) atoms. The summed E-state index contributed by atoms with van der Waals surface area (Å²) in [4.78, 5) is 11.9. The third kappa shape index (κ3) is 5.97. The molecule has 0 radical (unpaired) electrons. The highest BCUT2D eigenvalue weighted by molar-refractivity contribution is 9.10. The Morgan fingerprint density at radius 2 is 1.86 bits per heavy atom. The van der Waals surface area contributed by atoms with E-state index in [4.69, 9.17) is 11.6 Å². The van der Waals surface area contributed by atoms with Crippen LogP contribution in [0.5, 0.6) is 0 Å². The molecular weight excluding hydrogens is 366 g/mol. The van der Waals surface area contributed by atoms with Crippen LogP contribution < -0.4 is 10.7 Å². The average Bonchev–Trinajstić information content (AvgIpc) is 2.45. The summed E-state index contributed by atoms with van der Waals surface area (Å²) in [6, 6.07) is 5.40. The topological polar surface area (TPSA) is 53.5 Å². The first-order valence-corrected chi connectivity index (χ1v) is 8.85. The van der Waals surface area contributed by atoms with Crippen LogP contribution in [0.15, 0.2) is 27.8 Å². The number of amides is 1. The highest BCUT2D eigenvalue weighted by atomic mass is 79.9. The highest BCUT2D eigenvalue weighted by Crippen LogP contribution is 2.25. The molecule has 6 heteroatoms. The number of benzene rings is 1. The second kappa shape index (κ2) is 9.16. The summed E-state index contributed by atoms with van der Waals surface area (Å²) >= 11 is 9.29. The van der Waals surface area contributed by atoms with Crippen molar-refractivity contribution in [3.05, 3.63) is 27.7 Å². The molecule has 1 fully saturated rings. The van der Waals surface area contributed by atoms with Gasteiger partial charge in [0.15, 0.2) is 0 Å². The molecule has 0 unspecified atom stereocenters. The van der Waals surface area contributed by atoms with Crippen LogP contribution in [-0.2, 0) is 4.79 Å². The molecular formula is C16H21BrClN3O. The number of hydrogen-bond donors (Lipinski definition) is 2. The fraction of sp³-hybridized carbons (Fsp3) is 0.500. The number of nitrogens with zero attached hydrogens (tertiary/aromatic N) is 1. The smallest absolute Gasteiger partial charge is 0.259 e. The van der Waals surface area contributed by atoms with Crippen LogP contribution >= 0.6 is 27.5 Å². The van der Waals surface area contributed by atoms with Crippen LogP contribution in [0.2, 0.25) is 5.02 Å². The van der Waals surface area contributed by atoms with Crippen LogP contribution in [0.1, 0.15) is 44.9 Å². The Hall–Kier alpha value is -1.07. The summed E-state index contributed by atoms with van der Waals surface area (Å²) in [6.07, 6.45) is 8.18. The van der Waals surface area contributed by atoms with Crippen molar-refractivity contribution in [2.24, 2.45) is 5.10 Å². The van der Waals surface area contributed by atoms with Gasteiger partial charge in [0.1, 0.15) is 0 Å². The van der Waals surface area contributed by atoms with E-state index >= 15 is 0 Å². The van der Waals surface area contributed by atoms with Crippen LogP contribution in [-0.4, -0.2) is 18.2 Å². The minimum Gasteiger partial charge on any atom is -0.375 e. The molecule has 0 saturated heterocycles. The number of hydrazone groups is 1. The number of anilines is 1. The van der Waals surface area contributed by atoms with Gasteiger partial charge in [-0.1, -0.05) is 30.9 Å². The molecule has 1 aromatic carbocycles. The zero-order chi connectivity index (χ0) is 15.8. The molecule has 0 atom stereocenters. The van der Waals surface area contributed by atoms with Crippen molar-refractivity contribution in [3.63, 3.8) is 0 Å². The fourth-order valence-electron chi connectivity index (χ4n) is 2.41. The van der Waals surface area contributed by atoms with Crippen molar-refractivity contribution in [1.82, 2.24) is 5.43 Å². The predicted molar refractivity (Wildman–Crippen MR) is 95.5 cm³/mol. The number of carbonyl (C=O) groups excluding carboxylic acids is 1. The standard InChI is InChI=1S/C16H21BrClN3O/c17-14-10-12(18)8-9-15(14)19-11-16(22)21-20-13-6-4-2-1-3-5-7-13/h8-10,19H,1-7,11H2,(H,21,22). The molecule has 1 aliphatic rings. The zero-order valence-corrected chi connectivity index (χ0v) is 14.8. The third-order valence-corrected chi connectivity index (χ3v) is 4.53. The van der Waals surface area contributed by atoms with Crippen LogP contribution in [0.3, 0.4) is 0 Å². The van der Waals surface area contributed by atoms with E-state index in [1.807, 2.05) is 6.07 Å². The third-order valence-electron chi connectivity index (χ3n) is 3.64. The van der Waals surface area contributed by atoms with Gasteiger partial charge in [-0.15, -0.1) is 0 Å². The summed E-state index contributed by atoms with van der Waals surface area (Å²) in [7, 11) is 0. The molecule has 1 aliphatic carbocycles. The van der Waals surface area contributed by atoms with E-state index in [9.17, 15) is 4.79 Å². The van der Waals surface area contributed by atoms with E-state index in [0.29, 0.717) is 5.02 Å². The molecule has 1 aromatic rings. The minimum absolute atomic E-state index is 0.142. The molecule has 2 N–H and O–H groups in total. The van der Waals surface area contributed by atoms with Gasteiger partial charge in [0.2, 0.25) is 0 Å². The maximum Gasteiger partial charge on any atom is 0.259 e. The Kier molecular flexibility index (Phi) is 7.19. The van der Waals surface area contributed by atoms with Crippen LogP contribution in [0.4, 0.5) is 5.69 Å². The maximum absolute atomic E-state index is 11.9. The lowest BCUT2D eigenvalue weighted by atomic mass is 9.99. The largest absolute Gasteiger partial charge is 0.375 e. The van der Waals surface area contributed by atoms with E-state index in [2.05, 4.69) is 31.8 Å². The van der Waals surface area contributed by atoms with Crippen LogP contribution in [0, 0.1) is 0 Å². The maximum atomic E-state index is 11.9. The van der Waals surface area contributed by atoms with Crippen molar-refractivity contribution in [1.29, 1.82) is 0 Å². The van der Waals surface area contributed by atoms with Gasteiger partial charge in [0.05, 0.1) is 6.54 Å². The van der Waals surface area contributed by atoms with E-state index in [1.165, 1.54) is 32.1 Å². The number of rotatable bonds is 4. The Balaban J connectivity index is 1.79. The fourth-order valence-corrected chi connectivity index (χ4v) is 3.24. The lowest BCUT2D eigenvalue weighted by Gasteiger charge is -2.11.